The molecule has 82 heavy (non-hydrogen) atoms. The lowest BCUT2D eigenvalue weighted by Gasteiger charge is -2.15. The number of aliphatic hydroxyl groups is 1. The van der Waals surface area contributed by atoms with Crippen molar-refractivity contribution < 1.29 is 24.2 Å². The highest BCUT2D eigenvalue weighted by Crippen LogP contribution is 2.17. The number of hydrogen-bond donors (Lipinski definition) is 1. The number of rotatable bonds is 63. The van der Waals surface area contributed by atoms with Crippen molar-refractivity contribution in [3.05, 3.63) is 134 Å². The van der Waals surface area contributed by atoms with Gasteiger partial charge in [0.1, 0.15) is 6.61 Å². The van der Waals surface area contributed by atoms with Gasteiger partial charge in [-0.05, 0) is 116 Å². The highest BCUT2D eigenvalue weighted by atomic mass is 16.6. The van der Waals surface area contributed by atoms with Gasteiger partial charge in [0.15, 0.2) is 6.10 Å². The van der Waals surface area contributed by atoms with Crippen molar-refractivity contribution in [3.63, 3.8) is 0 Å². The van der Waals surface area contributed by atoms with E-state index in [9.17, 15) is 14.7 Å². The van der Waals surface area contributed by atoms with Crippen molar-refractivity contribution in [2.24, 2.45) is 0 Å². The third-order valence-corrected chi connectivity index (χ3v) is 14.9. The highest BCUT2D eigenvalue weighted by molar-refractivity contribution is 5.70. The Bertz CT molecular complexity index is 1670. The molecule has 0 rings (SSSR count). The SMILES string of the molecule is CC/C=C\C/C=C\C/C=C\C/C=C\C/C=C\C/C=C\C/C=C\C/C=C\C/C=C\C/C=C\CCCCC(=O)OC(CO)COC(=O)CCCCCCCCCCCCCCCCCCCCCCCCC/C=C\CCCCCCCCCC. The molecule has 0 aromatic rings. The van der Waals surface area contributed by atoms with Crippen LogP contribution in [0.4, 0.5) is 0 Å². The largest absolute Gasteiger partial charge is 0.462 e. The minimum atomic E-state index is -0.805. The summed E-state index contributed by atoms with van der Waals surface area (Å²) in [5, 5.41) is 9.69. The topological polar surface area (TPSA) is 72.8 Å². The van der Waals surface area contributed by atoms with E-state index in [0.29, 0.717) is 12.8 Å². The van der Waals surface area contributed by atoms with Gasteiger partial charge in [-0.25, -0.2) is 0 Å². The van der Waals surface area contributed by atoms with Crippen LogP contribution in [0.15, 0.2) is 134 Å². The molecule has 0 spiro atoms. The molecule has 1 unspecified atom stereocenters. The van der Waals surface area contributed by atoms with Crippen LogP contribution >= 0.6 is 0 Å². The van der Waals surface area contributed by atoms with Gasteiger partial charge in [0.2, 0.25) is 0 Å². The van der Waals surface area contributed by atoms with Gasteiger partial charge in [0.05, 0.1) is 6.61 Å². The average molecular weight is 1140 g/mol. The number of carbonyl (C=O) groups is 2. The van der Waals surface area contributed by atoms with E-state index in [-0.39, 0.29) is 25.2 Å². The smallest absolute Gasteiger partial charge is 0.306 e. The monoisotopic (exact) mass is 1130 g/mol. The molecule has 1 N–H and O–H groups in total. The lowest BCUT2D eigenvalue weighted by Crippen LogP contribution is -2.28. The predicted molar refractivity (Wildman–Crippen MR) is 361 cm³/mol. The second-order valence-electron chi connectivity index (χ2n) is 22.9. The van der Waals surface area contributed by atoms with E-state index >= 15 is 0 Å². The van der Waals surface area contributed by atoms with E-state index in [1.54, 1.807) is 0 Å². The molecule has 0 aromatic heterocycles. The summed E-state index contributed by atoms with van der Waals surface area (Å²) in [6.45, 7) is 4.01. The number of hydrogen-bond acceptors (Lipinski definition) is 5. The summed E-state index contributed by atoms with van der Waals surface area (Å²) >= 11 is 0. The zero-order valence-electron chi connectivity index (χ0n) is 53.7. The van der Waals surface area contributed by atoms with Crippen LogP contribution in [0.2, 0.25) is 0 Å². The van der Waals surface area contributed by atoms with Crippen molar-refractivity contribution in [3.8, 4) is 0 Å². The van der Waals surface area contributed by atoms with E-state index in [1.165, 1.54) is 193 Å². The van der Waals surface area contributed by atoms with Crippen LogP contribution in [0.1, 0.15) is 322 Å². The Hall–Kier alpha value is -3.96. The molecule has 0 saturated heterocycles. The van der Waals surface area contributed by atoms with Crippen LogP contribution in [-0.2, 0) is 19.1 Å². The first-order chi connectivity index (χ1) is 40.6. The van der Waals surface area contributed by atoms with Crippen LogP contribution in [0.25, 0.3) is 0 Å². The molecule has 0 heterocycles. The second-order valence-corrected chi connectivity index (χ2v) is 22.9. The fourth-order valence-corrected chi connectivity index (χ4v) is 9.76. The third kappa shape index (κ3) is 68.5. The number of carbonyl (C=O) groups excluding carboxylic acids is 2. The molecule has 0 bridgehead atoms. The average Bonchev–Trinajstić information content (AvgIpc) is 3.49. The normalized spacial score (nSPS) is 13.1. The van der Waals surface area contributed by atoms with Gasteiger partial charge in [0.25, 0.3) is 0 Å². The quantitative estimate of drug-likeness (QED) is 0.0373. The number of aliphatic hydroxyl groups excluding tert-OH is 1. The van der Waals surface area contributed by atoms with Gasteiger partial charge in [-0.3, -0.25) is 9.59 Å². The number of unbranched alkanes of at least 4 members (excludes halogenated alkanes) is 33. The zero-order chi connectivity index (χ0) is 59.1. The molecule has 0 amide bonds. The third-order valence-electron chi connectivity index (χ3n) is 14.9. The lowest BCUT2D eigenvalue weighted by atomic mass is 10.0. The molecular weight excluding hydrogens is 1000 g/mol. The molecule has 1 atom stereocenters. The lowest BCUT2D eigenvalue weighted by molar-refractivity contribution is -0.161. The summed E-state index contributed by atoms with van der Waals surface area (Å²) < 4.78 is 10.7. The van der Waals surface area contributed by atoms with E-state index in [2.05, 4.69) is 148 Å². The maximum absolute atomic E-state index is 12.3. The molecule has 468 valence electrons. The van der Waals surface area contributed by atoms with Crippen LogP contribution in [0.5, 0.6) is 0 Å². The Morgan fingerprint density at radius 1 is 0.293 bits per heavy atom. The molecule has 5 nitrogen and oxygen atoms in total. The van der Waals surface area contributed by atoms with Gasteiger partial charge in [-0.1, -0.05) is 327 Å². The number of esters is 2. The first-order valence-electron chi connectivity index (χ1n) is 34.7. The Kier molecular flexibility index (Phi) is 67.9. The standard InChI is InChI=1S/C77H130O5/c1-3-5-7-9-11-13-15-17-19-21-23-25-27-29-31-33-35-37-38-40-41-43-45-47-49-51-53-55-57-59-61-63-65-67-69-71-76(79)81-74-75(73-78)82-77(80)72-70-68-66-64-62-60-58-56-54-52-50-48-46-44-42-39-36-34-32-30-28-26-24-22-20-18-16-14-12-10-8-6-4-2/h6,8,12,14,18,20-21,23-24,26,30,32,36,39,44,46,50,52,56,58,62,64,75,78H,3-5,7,9-11,13,15-17,19,22,25,27-29,31,33-35,37-38,40-43,45,47-49,51,53-55,57,59-61,63,65-74H2,1-2H3/b8-6-,14-12-,20-18-,23-21-,26-24-,32-30-,39-36-,46-44-,52-50-,58-56-,64-62-. The summed E-state index contributed by atoms with van der Waals surface area (Å²) in [4.78, 5) is 24.6. The minimum absolute atomic E-state index is 0.0889. The van der Waals surface area contributed by atoms with E-state index in [0.717, 1.165) is 103 Å². The van der Waals surface area contributed by atoms with Crippen molar-refractivity contribution in [1.29, 1.82) is 0 Å². The fraction of sp³-hybridized carbons (Fsp3) is 0.688. The fourth-order valence-electron chi connectivity index (χ4n) is 9.76. The Morgan fingerprint density at radius 3 is 0.829 bits per heavy atom. The molecule has 0 aliphatic rings. The van der Waals surface area contributed by atoms with E-state index < -0.39 is 6.10 Å². The highest BCUT2D eigenvalue weighted by Gasteiger charge is 2.16. The van der Waals surface area contributed by atoms with Gasteiger partial charge in [0, 0.05) is 12.8 Å². The van der Waals surface area contributed by atoms with Crippen LogP contribution < -0.4 is 0 Å². The summed E-state index contributed by atoms with van der Waals surface area (Å²) in [5.74, 6) is -0.639. The maximum Gasteiger partial charge on any atom is 0.306 e. The second kappa shape index (κ2) is 71.3. The molecule has 0 aliphatic heterocycles. The van der Waals surface area contributed by atoms with Crippen molar-refractivity contribution >= 4 is 11.9 Å². The Labute approximate surface area is 508 Å². The molecule has 0 fully saturated rings. The summed E-state index contributed by atoms with van der Waals surface area (Å²) in [5.41, 5.74) is 0. The molecule has 0 aromatic carbocycles. The zero-order valence-corrected chi connectivity index (χ0v) is 53.7. The van der Waals surface area contributed by atoms with Gasteiger partial charge in [-0.2, -0.15) is 0 Å². The summed E-state index contributed by atoms with van der Waals surface area (Å²) in [7, 11) is 0. The van der Waals surface area contributed by atoms with E-state index in [1.807, 2.05) is 0 Å². The number of allylic oxidation sites excluding steroid dienone is 22. The maximum atomic E-state index is 12.3. The molecule has 0 saturated carbocycles. The number of ether oxygens (including phenoxy) is 2. The van der Waals surface area contributed by atoms with Gasteiger partial charge < -0.3 is 14.6 Å². The van der Waals surface area contributed by atoms with Crippen LogP contribution in [0.3, 0.4) is 0 Å². The summed E-state index contributed by atoms with van der Waals surface area (Å²) in [6.07, 6.45) is 106. The van der Waals surface area contributed by atoms with Crippen LogP contribution in [0, 0.1) is 0 Å². The van der Waals surface area contributed by atoms with Crippen molar-refractivity contribution in [1.82, 2.24) is 0 Å². The Balaban J connectivity index is 3.55. The summed E-state index contributed by atoms with van der Waals surface area (Å²) in [6, 6.07) is 0. The predicted octanol–water partition coefficient (Wildman–Crippen LogP) is 24.3. The van der Waals surface area contributed by atoms with Gasteiger partial charge >= 0.3 is 11.9 Å². The Morgan fingerprint density at radius 2 is 0.524 bits per heavy atom. The first kappa shape index (κ1) is 78.0. The molecule has 0 radical (unpaired) electrons. The van der Waals surface area contributed by atoms with Gasteiger partial charge in [-0.15, -0.1) is 0 Å². The molecule has 5 heteroatoms. The van der Waals surface area contributed by atoms with E-state index in [4.69, 9.17) is 9.47 Å². The van der Waals surface area contributed by atoms with Crippen LogP contribution in [-0.4, -0.2) is 36.4 Å². The molecule has 0 aliphatic carbocycles. The minimum Gasteiger partial charge on any atom is -0.462 e. The first-order valence-corrected chi connectivity index (χ1v) is 34.7. The molecular formula is C77H130O5. The van der Waals surface area contributed by atoms with Crippen molar-refractivity contribution in [2.75, 3.05) is 13.2 Å². The van der Waals surface area contributed by atoms with Crippen molar-refractivity contribution in [2.45, 2.75) is 328 Å².